The molecule has 7 heteroatoms. The highest BCUT2D eigenvalue weighted by Gasteiger charge is 2.21. The molecule has 0 aliphatic carbocycles. The Kier molecular flexibility index (Phi) is 5.25. The summed E-state index contributed by atoms with van der Waals surface area (Å²) in [6.45, 7) is -0.276. The van der Waals surface area contributed by atoms with E-state index in [9.17, 15) is 14.0 Å². The van der Waals surface area contributed by atoms with Crippen molar-refractivity contribution in [1.29, 1.82) is 0 Å². The van der Waals surface area contributed by atoms with E-state index in [2.05, 4.69) is 10.1 Å². The van der Waals surface area contributed by atoms with Gasteiger partial charge in [0.25, 0.3) is 5.91 Å². The normalized spacial score (nSPS) is 11.7. The van der Waals surface area contributed by atoms with Gasteiger partial charge in [0.1, 0.15) is 17.1 Å². The Labute approximate surface area is 109 Å². The first-order valence-corrected chi connectivity index (χ1v) is 5.37. The summed E-state index contributed by atoms with van der Waals surface area (Å²) < 4.78 is 23.1. The lowest BCUT2D eigenvalue weighted by atomic mass is 10.1. The topological polar surface area (TPSA) is 84.9 Å². The number of carbonyl (C=O) groups excluding carboxylic acids is 1. The maximum Gasteiger partial charge on any atom is 0.334 e. The molecule has 0 saturated heterocycles. The zero-order valence-electron chi connectivity index (χ0n) is 10.5. The summed E-state index contributed by atoms with van der Waals surface area (Å²) in [5.74, 6) is -2.66. The van der Waals surface area contributed by atoms with Gasteiger partial charge in [-0.05, 0) is 12.1 Å². The highest BCUT2D eigenvalue weighted by Crippen LogP contribution is 2.20. The van der Waals surface area contributed by atoms with Crippen LogP contribution in [0.25, 0.3) is 0 Å². The molecular formula is C12H14FNO5. The van der Waals surface area contributed by atoms with Gasteiger partial charge in [0.2, 0.25) is 0 Å². The Bertz CT molecular complexity index is 477. The first kappa shape index (κ1) is 14.9. The summed E-state index contributed by atoms with van der Waals surface area (Å²) in [6.07, 6.45) is -1.19. The van der Waals surface area contributed by atoms with E-state index < -0.39 is 23.8 Å². The van der Waals surface area contributed by atoms with Crippen LogP contribution >= 0.6 is 0 Å². The third-order valence-electron chi connectivity index (χ3n) is 2.43. The van der Waals surface area contributed by atoms with Crippen LogP contribution in [0, 0.1) is 5.82 Å². The molecule has 0 radical (unpaired) electrons. The summed E-state index contributed by atoms with van der Waals surface area (Å²) in [6, 6.07) is 3.95. The molecule has 0 heterocycles. The molecule has 0 bridgehead atoms. The molecule has 0 saturated carbocycles. The van der Waals surface area contributed by atoms with E-state index in [1.165, 1.54) is 26.4 Å². The van der Waals surface area contributed by atoms with Crippen LogP contribution in [0.2, 0.25) is 0 Å². The number of ether oxygens (including phenoxy) is 2. The molecule has 0 aliphatic rings. The number of methoxy groups -OCH3 is 2. The van der Waals surface area contributed by atoms with Gasteiger partial charge in [0.15, 0.2) is 6.10 Å². The molecule has 1 aromatic rings. The van der Waals surface area contributed by atoms with E-state index in [0.717, 1.165) is 6.07 Å². The number of carboxylic acid groups (broad SMARTS) is 1. The average Bonchev–Trinajstić information content (AvgIpc) is 2.38. The fourth-order valence-corrected chi connectivity index (χ4v) is 1.44. The lowest BCUT2D eigenvalue weighted by molar-refractivity contribution is -0.148. The minimum atomic E-state index is -1.22. The van der Waals surface area contributed by atoms with Crippen molar-refractivity contribution in [3.63, 3.8) is 0 Å². The van der Waals surface area contributed by atoms with Crippen LogP contribution in [0.4, 0.5) is 4.39 Å². The maximum absolute atomic E-state index is 13.6. The molecule has 19 heavy (non-hydrogen) atoms. The number of amides is 1. The van der Waals surface area contributed by atoms with Crippen LogP contribution in [-0.4, -0.2) is 43.9 Å². The smallest absolute Gasteiger partial charge is 0.334 e. The van der Waals surface area contributed by atoms with Crippen molar-refractivity contribution in [3.8, 4) is 5.75 Å². The molecule has 0 fully saturated rings. The van der Waals surface area contributed by atoms with Gasteiger partial charge in [0.05, 0.1) is 13.7 Å². The van der Waals surface area contributed by atoms with Crippen molar-refractivity contribution in [2.45, 2.75) is 6.10 Å². The number of benzene rings is 1. The zero-order chi connectivity index (χ0) is 14.4. The molecular weight excluding hydrogens is 257 g/mol. The monoisotopic (exact) mass is 271 g/mol. The highest BCUT2D eigenvalue weighted by atomic mass is 19.1. The lowest BCUT2D eigenvalue weighted by Crippen LogP contribution is -2.38. The third-order valence-corrected chi connectivity index (χ3v) is 2.43. The molecule has 1 amide bonds. The van der Waals surface area contributed by atoms with E-state index in [4.69, 9.17) is 9.84 Å². The molecule has 104 valence electrons. The number of hydrogen-bond acceptors (Lipinski definition) is 4. The molecule has 1 atom stereocenters. The standard InChI is InChI=1S/C12H14FNO5/c1-18-8-5-3-4-7(13)10(8)11(15)14-6-9(19-2)12(16)17/h3-5,9H,6H2,1-2H3,(H,14,15)(H,16,17). The second-order valence-electron chi connectivity index (χ2n) is 3.59. The van der Waals surface area contributed by atoms with E-state index in [-0.39, 0.29) is 17.9 Å². The molecule has 1 rings (SSSR count). The number of carboxylic acids is 1. The predicted octanol–water partition coefficient (Wildman–Crippen LogP) is 0.664. The number of rotatable bonds is 6. The van der Waals surface area contributed by atoms with Gasteiger partial charge in [-0.2, -0.15) is 0 Å². The highest BCUT2D eigenvalue weighted by molar-refractivity contribution is 5.97. The second-order valence-corrected chi connectivity index (χ2v) is 3.59. The number of halogens is 1. The minimum absolute atomic E-state index is 0.0711. The van der Waals surface area contributed by atoms with Gasteiger partial charge < -0.3 is 19.9 Å². The van der Waals surface area contributed by atoms with Crippen LogP contribution in [0.5, 0.6) is 5.75 Å². The average molecular weight is 271 g/mol. The zero-order valence-corrected chi connectivity index (χ0v) is 10.5. The molecule has 1 aromatic carbocycles. The second kappa shape index (κ2) is 6.69. The molecule has 2 N–H and O–H groups in total. The Morgan fingerprint density at radius 1 is 1.42 bits per heavy atom. The molecule has 0 aliphatic heterocycles. The van der Waals surface area contributed by atoms with Gasteiger partial charge >= 0.3 is 5.97 Å². The molecule has 0 aromatic heterocycles. The van der Waals surface area contributed by atoms with Crippen LogP contribution in [-0.2, 0) is 9.53 Å². The molecule has 1 unspecified atom stereocenters. The van der Waals surface area contributed by atoms with Crippen molar-refractivity contribution in [2.75, 3.05) is 20.8 Å². The summed E-state index contributed by atoms with van der Waals surface area (Å²) in [5, 5.41) is 11.0. The van der Waals surface area contributed by atoms with Crippen molar-refractivity contribution in [2.24, 2.45) is 0 Å². The fourth-order valence-electron chi connectivity index (χ4n) is 1.44. The lowest BCUT2D eigenvalue weighted by Gasteiger charge is -2.13. The summed E-state index contributed by atoms with van der Waals surface area (Å²) in [7, 11) is 2.51. The van der Waals surface area contributed by atoms with Crippen LogP contribution < -0.4 is 10.1 Å². The first-order chi connectivity index (χ1) is 9.01. The van der Waals surface area contributed by atoms with E-state index in [1.807, 2.05) is 0 Å². The Balaban J connectivity index is 2.81. The number of nitrogens with one attached hydrogen (secondary N) is 1. The summed E-state index contributed by atoms with van der Waals surface area (Å²) >= 11 is 0. The van der Waals surface area contributed by atoms with E-state index in [1.54, 1.807) is 0 Å². The minimum Gasteiger partial charge on any atom is -0.496 e. The van der Waals surface area contributed by atoms with Crippen LogP contribution in [0.1, 0.15) is 10.4 Å². The van der Waals surface area contributed by atoms with Gasteiger partial charge in [0, 0.05) is 7.11 Å². The molecule has 0 spiro atoms. The Hall–Kier alpha value is -2.15. The predicted molar refractivity (Wildman–Crippen MR) is 63.7 cm³/mol. The SMILES string of the molecule is COc1cccc(F)c1C(=O)NCC(OC)C(=O)O. The third kappa shape index (κ3) is 3.65. The van der Waals surface area contributed by atoms with E-state index in [0.29, 0.717) is 0 Å². The van der Waals surface area contributed by atoms with Crippen molar-refractivity contribution in [3.05, 3.63) is 29.6 Å². The summed E-state index contributed by atoms with van der Waals surface area (Å²) in [4.78, 5) is 22.5. The fraction of sp³-hybridized carbons (Fsp3) is 0.333. The van der Waals surface area contributed by atoms with Gasteiger partial charge in [-0.1, -0.05) is 6.07 Å². The van der Waals surface area contributed by atoms with Gasteiger partial charge in [-0.3, -0.25) is 4.79 Å². The number of carbonyl (C=O) groups is 2. The quantitative estimate of drug-likeness (QED) is 0.794. The molecule has 6 nitrogen and oxygen atoms in total. The number of hydrogen-bond donors (Lipinski definition) is 2. The Morgan fingerprint density at radius 2 is 2.11 bits per heavy atom. The van der Waals surface area contributed by atoms with Gasteiger partial charge in [-0.25, -0.2) is 9.18 Å². The number of aliphatic carboxylic acids is 1. The van der Waals surface area contributed by atoms with Gasteiger partial charge in [-0.15, -0.1) is 0 Å². The van der Waals surface area contributed by atoms with Crippen LogP contribution in [0.3, 0.4) is 0 Å². The summed E-state index contributed by atoms with van der Waals surface area (Å²) in [5.41, 5.74) is -0.273. The van der Waals surface area contributed by atoms with E-state index >= 15 is 0 Å². The van der Waals surface area contributed by atoms with Crippen molar-refractivity contribution < 1.29 is 28.6 Å². The maximum atomic E-state index is 13.6. The Morgan fingerprint density at radius 3 is 2.63 bits per heavy atom. The van der Waals surface area contributed by atoms with Crippen molar-refractivity contribution >= 4 is 11.9 Å². The van der Waals surface area contributed by atoms with Crippen LogP contribution in [0.15, 0.2) is 18.2 Å². The van der Waals surface area contributed by atoms with Crippen molar-refractivity contribution in [1.82, 2.24) is 5.32 Å². The largest absolute Gasteiger partial charge is 0.496 e. The first-order valence-electron chi connectivity index (χ1n) is 5.37.